The average molecular weight is 260 g/mol. The molecule has 0 aromatic carbocycles. The van der Waals surface area contributed by atoms with Gasteiger partial charge in [0.15, 0.2) is 0 Å². The van der Waals surface area contributed by atoms with Crippen molar-refractivity contribution in [2.45, 2.75) is 0 Å². The van der Waals surface area contributed by atoms with E-state index in [9.17, 15) is 0 Å². The number of nitrogens with one attached hydrogen (secondary N) is 1. The molecule has 0 saturated carbocycles. The topological polar surface area (TPSA) is 24.9 Å². The van der Waals surface area contributed by atoms with Crippen molar-refractivity contribution in [3.63, 3.8) is 0 Å². The highest BCUT2D eigenvalue weighted by atomic mass is 32.1. The van der Waals surface area contributed by atoms with Crippen molar-refractivity contribution < 1.29 is 0 Å². The van der Waals surface area contributed by atoms with Crippen LogP contribution in [0.25, 0.3) is 10.4 Å². The van der Waals surface area contributed by atoms with Gasteiger partial charge in [0, 0.05) is 35.8 Å². The van der Waals surface area contributed by atoms with Crippen LogP contribution in [0.1, 0.15) is 0 Å². The van der Waals surface area contributed by atoms with Crippen LogP contribution >= 0.6 is 11.3 Å². The summed E-state index contributed by atoms with van der Waals surface area (Å²) in [5.74, 6) is 1.18. The van der Waals surface area contributed by atoms with Crippen molar-refractivity contribution in [3.05, 3.63) is 35.8 Å². The van der Waals surface area contributed by atoms with E-state index in [0.29, 0.717) is 0 Å². The molecular weight excluding hydrogens is 242 g/mol. The summed E-state index contributed by atoms with van der Waals surface area (Å²) in [6.07, 6.45) is 1.94. The number of piperazine rings is 1. The number of hydrogen-bond acceptors (Lipinski definition) is 3. The predicted octanol–water partition coefficient (Wildman–Crippen LogP) is 2.35. The van der Waals surface area contributed by atoms with Gasteiger partial charge in [-0.3, -0.25) is 4.48 Å². The number of nitrogens with zero attached hydrogens (tertiary/aromatic N) is 2. The Labute approximate surface area is 112 Å². The molecule has 3 rings (SSSR count). The van der Waals surface area contributed by atoms with Crippen molar-refractivity contribution in [1.29, 1.82) is 0 Å². The fourth-order valence-electron chi connectivity index (χ4n) is 2.43. The second-order valence-electron chi connectivity index (χ2n) is 4.97. The molecule has 0 aliphatic carbocycles. The number of likely N-dealkylation sites (N-methyl/N-ethyl adjacent to an activating group) is 1. The molecule has 0 amide bonds. The zero-order valence-corrected chi connectivity index (χ0v) is 11.4. The van der Waals surface area contributed by atoms with Crippen molar-refractivity contribution in [2.75, 3.05) is 33.2 Å². The summed E-state index contributed by atoms with van der Waals surface area (Å²) in [5.41, 5.74) is 1.29. The lowest BCUT2D eigenvalue weighted by Gasteiger charge is -2.36. The molecule has 1 saturated heterocycles. The van der Waals surface area contributed by atoms with Crippen LogP contribution in [-0.2, 0) is 0 Å². The highest BCUT2D eigenvalue weighted by Gasteiger charge is 2.28. The zero-order valence-electron chi connectivity index (χ0n) is 10.6. The van der Waals surface area contributed by atoms with E-state index < -0.39 is 0 Å². The predicted molar refractivity (Wildman–Crippen MR) is 77.9 cm³/mol. The maximum absolute atomic E-state index is 4.59. The molecule has 0 unspecified atom stereocenters. The maximum atomic E-state index is 4.59. The Balaban J connectivity index is 1.95. The lowest BCUT2D eigenvalue weighted by molar-refractivity contribution is 0.282. The second kappa shape index (κ2) is 4.80. The first-order chi connectivity index (χ1) is 8.78. The Hall–Kier alpha value is -1.23. The molecular formula is C14H18N3S+. The van der Waals surface area contributed by atoms with E-state index >= 15 is 0 Å². The molecule has 0 radical (unpaired) electrons. The first kappa shape index (κ1) is 11.8. The van der Waals surface area contributed by atoms with Gasteiger partial charge in [-0.25, -0.2) is 4.98 Å². The van der Waals surface area contributed by atoms with Crippen LogP contribution in [0.4, 0.5) is 5.82 Å². The van der Waals surface area contributed by atoms with E-state index in [0.717, 1.165) is 30.7 Å². The Morgan fingerprint density at radius 2 is 2.11 bits per heavy atom. The first-order valence-corrected chi connectivity index (χ1v) is 7.22. The van der Waals surface area contributed by atoms with E-state index in [2.05, 4.69) is 47.0 Å². The normalized spacial score (nSPS) is 18.7. The highest BCUT2D eigenvalue weighted by Crippen LogP contribution is 2.28. The van der Waals surface area contributed by atoms with Crippen LogP contribution in [0.3, 0.4) is 0 Å². The number of aromatic nitrogens is 1. The van der Waals surface area contributed by atoms with Gasteiger partial charge in [0.25, 0.3) is 0 Å². The van der Waals surface area contributed by atoms with Gasteiger partial charge < -0.3 is 5.32 Å². The van der Waals surface area contributed by atoms with Gasteiger partial charge in [-0.1, -0.05) is 6.07 Å². The van der Waals surface area contributed by atoms with Crippen LogP contribution < -0.4 is 9.80 Å². The van der Waals surface area contributed by atoms with Crippen molar-refractivity contribution in [2.24, 2.45) is 0 Å². The Morgan fingerprint density at radius 3 is 2.83 bits per heavy atom. The molecule has 94 valence electrons. The number of rotatable bonds is 2. The lowest BCUT2D eigenvalue weighted by Crippen LogP contribution is -2.57. The summed E-state index contributed by atoms with van der Waals surface area (Å²) in [6, 6.07) is 8.61. The van der Waals surface area contributed by atoms with Gasteiger partial charge in [0.1, 0.15) is 0 Å². The van der Waals surface area contributed by atoms with Crippen LogP contribution in [-0.4, -0.2) is 38.2 Å². The van der Waals surface area contributed by atoms with Crippen molar-refractivity contribution in [3.8, 4) is 10.4 Å². The Morgan fingerprint density at radius 1 is 1.28 bits per heavy atom. The molecule has 0 bridgehead atoms. The van der Waals surface area contributed by atoms with Gasteiger partial charge in [0.2, 0.25) is 5.82 Å². The quantitative estimate of drug-likeness (QED) is 0.838. The molecule has 18 heavy (non-hydrogen) atoms. The molecule has 3 nitrogen and oxygen atoms in total. The van der Waals surface area contributed by atoms with Crippen LogP contribution in [0.2, 0.25) is 0 Å². The SMILES string of the molecule is C[N+]1(c2cc(-c3cccs3)ccn2)CCNCC1. The molecule has 0 spiro atoms. The van der Waals surface area contributed by atoms with Crippen LogP contribution in [0.15, 0.2) is 35.8 Å². The first-order valence-electron chi connectivity index (χ1n) is 6.34. The van der Waals surface area contributed by atoms with E-state index in [1.54, 1.807) is 11.3 Å². The summed E-state index contributed by atoms with van der Waals surface area (Å²) in [4.78, 5) is 5.91. The number of thiophene rings is 1. The molecule has 1 fully saturated rings. The number of hydrogen-bond donors (Lipinski definition) is 1. The average Bonchev–Trinajstić information content (AvgIpc) is 2.94. The van der Waals surface area contributed by atoms with Gasteiger partial charge in [0.05, 0.1) is 20.1 Å². The molecule has 1 N–H and O–H groups in total. The molecule has 3 heterocycles. The third kappa shape index (κ3) is 2.19. The molecule has 1 aliphatic rings. The van der Waals surface area contributed by atoms with E-state index in [1.165, 1.54) is 16.3 Å². The van der Waals surface area contributed by atoms with Gasteiger partial charge >= 0.3 is 0 Å². The van der Waals surface area contributed by atoms with E-state index in [4.69, 9.17) is 0 Å². The summed E-state index contributed by atoms with van der Waals surface area (Å²) in [7, 11) is 2.28. The lowest BCUT2D eigenvalue weighted by atomic mass is 10.2. The van der Waals surface area contributed by atoms with E-state index in [1.807, 2.05) is 6.20 Å². The third-order valence-corrected chi connectivity index (χ3v) is 4.59. The van der Waals surface area contributed by atoms with Gasteiger partial charge in [-0.15, -0.1) is 11.3 Å². The van der Waals surface area contributed by atoms with Crippen LogP contribution in [0, 0.1) is 0 Å². The summed E-state index contributed by atoms with van der Waals surface area (Å²) >= 11 is 1.78. The largest absolute Gasteiger partial charge is 0.306 e. The fourth-order valence-corrected chi connectivity index (χ4v) is 3.15. The van der Waals surface area contributed by atoms with Crippen LogP contribution in [0.5, 0.6) is 0 Å². The maximum Gasteiger partial charge on any atom is 0.227 e. The minimum Gasteiger partial charge on any atom is -0.306 e. The minimum absolute atomic E-state index is 0.937. The second-order valence-corrected chi connectivity index (χ2v) is 5.92. The van der Waals surface area contributed by atoms with Crippen molar-refractivity contribution in [1.82, 2.24) is 14.8 Å². The smallest absolute Gasteiger partial charge is 0.227 e. The molecule has 2 aromatic rings. The number of pyridine rings is 1. The van der Waals surface area contributed by atoms with Crippen molar-refractivity contribution >= 4 is 17.2 Å². The summed E-state index contributed by atoms with van der Waals surface area (Å²) < 4.78 is 0.937. The zero-order chi connectivity index (χ0) is 12.4. The molecule has 2 aromatic heterocycles. The molecule has 1 aliphatic heterocycles. The Bertz CT molecular complexity index is 516. The minimum atomic E-state index is 0.937. The number of quaternary nitrogens is 1. The molecule has 0 atom stereocenters. The fraction of sp³-hybridized carbons (Fsp3) is 0.357. The standard InChI is InChI=1S/C14H18N3S/c1-17(8-6-15-7-9-17)14-11-12(4-5-16-14)13-3-2-10-18-13/h2-5,10-11,15H,6-9H2,1H3/q+1. The van der Waals surface area contributed by atoms with Gasteiger partial charge in [-0.05, 0) is 17.5 Å². The third-order valence-electron chi connectivity index (χ3n) is 3.67. The Kier molecular flexibility index (Phi) is 3.16. The highest BCUT2D eigenvalue weighted by molar-refractivity contribution is 7.13. The van der Waals surface area contributed by atoms with Gasteiger partial charge in [-0.2, -0.15) is 0 Å². The summed E-state index contributed by atoms with van der Waals surface area (Å²) in [6.45, 7) is 4.37. The van der Waals surface area contributed by atoms with E-state index in [-0.39, 0.29) is 0 Å². The summed E-state index contributed by atoms with van der Waals surface area (Å²) in [5, 5.41) is 5.53. The monoisotopic (exact) mass is 260 g/mol. The molecule has 4 heteroatoms.